The molecule has 1 spiro atoms. The maximum atomic E-state index is 12.4. The molecule has 1 atom stereocenters. The molecule has 0 bridgehead atoms. The number of rotatable bonds is 4. The highest BCUT2D eigenvalue weighted by atomic mass is 16.7. The standard InChI is InChI=1S/C21H23NO3/c23-20(22-14-19-15-24-21(25-19)12-4-5-13-21)18-10-8-17(9-11-18)16-6-2-1-3-7-16/h1-3,6-11,19H,4-5,12-15H2,(H,22,23)/t19-/m0/s1. The zero-order valence-corrected chi connectivity index (χ0v) is 14.2. The Morgan fingerprint density at radius 2 is 1.68 bits per heavy atom. The predicted molar refractivity (Wildman–Crippen MR) is 96.2 cm³/mol. The van der Waals surface area contributed by atoms with Crippen molar-refractivity contribution in [3.8, 4) is 11.1 Å². The van der Waals surface area contributed by atoms with Crippen LogP contribution in [0.4, 0.5) is 0 Å². The second-order valence-corrected chi connectivity index (χ2v) is 6.82. The Balaban J connectivity index is 1.32. The summed E-state index contributed by atoms with van der Waals surface area (Å²) in [5.74, 6) is -0.442. The summed E-state index contributed by atoms with van der Waals surface area (Å²) in [6.07, 6.45) is 4.21. The maximum Gasteiger partial charge on any atom is 0.251 e. The highest BCUT2D eigenvalue weighted by molar-refractivity contribution is 5.94. The zero-order valence-electron chi connectivity index (χ0n) is 14.2. The molecule has 2 aromatic rings. The lowest BCUT2D eigenvalue weighted by Crippen LogP contribution is -2.35. The summed E-state index contributed by atoms with van der Waals surface area (Å²) < 4.78 is 11.9. The fourth-order valence-electron chi connectivity index (χ4n) is 3.65. The average Bonchev–Trinajstić information content (AvgIpc) is 3.30. The molecule has 4 nitrogen and oxygen atoms in total. The van der Waals surface area contributed by atoms with Crippen molar-refractivity contribution in [1.82, 2.24) is 5.32 Å². The van der Waals surface area contributed by atoms with Crippen LogP contribution in [0.5, 0.6) is 0 Å². The van der Waals surface area contributed by atoms with Crippen LogP contribution in [0.1, 0.15) is 36.0 Å². The van der Waals surface area contributed by atoms with E-state index in [1.807, 2.05) is 42.5 Å². The summed E-state index contributed by atoms with van der Waals surface area (Å²) in [4.78, 5) is 12.4. The largest absolute Gasteiger partial charge is 0.349 e. The number of hydrogen-bond donors (Lipinski definition) is 1. The lowest BCUT2D eigenvalue weighted by molar-refractivity contribution is -0.161. The van der Waals surface area contributed by atoms with Gasteiger partial charge in [0.1, 0.15) is 6.10 Å². The van der Waals surface area contributed by atoms with Crippen LogP contribution in [0.25, 0.3) is 11.1 Å². The minimum absolute atomic E-state index is 0.0503. The van der Waals surface area contributed by atoms with Crippen molar-refractivity contribution in [3.05, 3.63) is 60.2 Å². The lowest BCUT2D eigenvalue weighted by atomic mass is 10.0. The van der Waals surface area contributed by atoms with Crippen LogP contribution in [0.2, 0.25) is 0 Å². The van der Waals surface area contributed by atoms with Gasteiger partial charge in [0.25, 0.3) is 5.91 Å². The number of ether oxygens (including phenoxy) is 2. The first-order chi connectivity index (χ1) is 12.2. The molecule has 1 aliphatic heterocycles. The van der Waals surface area contributed by atoms with Crippen molar-refractivity contribution in [2.75, 3.05) is 13.2 Å². The van der Waals surface area contributed by atoms with E-state index in [2.05, 4.69) is 17.4 Å². The molecule has 1 amide bonds. The molecular weight excluding hydrogens is 314 g/mol. The van der Waals surface area contributed by atoms with Gasteiger partial charge in [-0.3, -0.25) is 4.79 Å². The molecule has 4 rings (SSSR count). The van der Waals surface area contributed by atoms with Crippen LogP contribution in [-0.4, -0.2) is 30.9 Å². The number of hydrogen-bond acceptors (Lipinski definition) is 3. The highest BCUT2D eigenvalue weighted by Gasteiger charge is 2.43. The van der Waals surface area contributed by atoms with E-state index in [1.165, 1.54) is 0 Å². The first-order valence-electron chi connectivity index (χ1n) is 9.00. The first kappa shape index (κ1) is 16.3. The lowest BCUT2D eigenvalue weighted by Gasteiger charge is -2.21. The molecule has 0 unspecified atom stereocenters. The first-order valence-corrected chi connectivity index (χ1v) is 9.00. The molecule has 0 aromatic heterocycles. The third kappa shape index (κ3) is 3.60. The number of nitrogens with one attached hydrogen (secondary N) is 1. The zero-order chi connectivity index (χ0) is 17.1. The van der Waals surface area contributed by atoms with Gasteiger partial charge in [-0.2, -0.15) is 0 Å². The summed E-state index contributed by atoms with van der Waals surface area (Å²) in [5, 5.41) is 2.96. The van der Waals surface area contributed by atoms with Crippen molar-refractivity contribution in [2.24, 2.45) is 0 Å². The molecule has 130 valence electrons. The van der Waals surface area contributed by atoms with Gasteiger partial charge in [-0.05, 0) is 36.1 Å². The second-order valence-electron chi connectivity index (χ2n) is 6.82. The summed E-state index contributed by atoms with van der Waals surface area (Å²) in [7, 11) is 0. The van der Waals surface area contributed by atoms with Crippen LogP contribution in [0.3, 0.4) is 0 Å². The Morgan fingerprint density at radius 3 is 2.40 bits per heavy atom. The van der Waals surface area contributed by atoms with E-state index in [4.69, 9.17) is 9.47 Å². The SMILES string of the molecule is O=C(NC[C@H]1COC2(CCCC2)O1)c1ccc(-c2ccccc2)cc1. The van der Waals surface area contributed by atoms with Crippen LogP contribution in [0.15, 0.2) is 54.6 Å². The van der Waals surface area contributed by atoms with E-state index < -0.39 is 0 Å². The molecule has 0 radical (unpaired) electrons. The Kier molecular flexibility index (Phi) is 4.55. The molecule has 25 heavy (non-hydrogen) atoms. The Hall–Kier alpha value is -2.17. The van der Waals surface area contributed by atoms with Crippen LogP contribution < -0.4 is 5.32 Å². The van der Waals surface area contributed by atoms with Crippen molar-refractivity contribution in [3.63, 3.8) is 0 Å². The van der Waals surface area contributed by atoms with E-state index in [-0.39, 0.29) is 17.8 Å². The molecule has 2 aromatic carbocycles. The fourth-order valence-corrected chi connectivity index (χ4v) is 3.65. The Morgan fingerprint density at radius 1 is 1.00 bits per heavy atom. The molecule has 1 aliphatic carbocycles. The van der Waals surface area contributed by atoms with E-state index in [0.29, 0.717) is 18.7 Å². The van der Waals surface area contributed by atoms with Crippen molar-refractivity contribution in [1.29, 1.82) is 0 Å². The van der Waals surface area contributed by atoms with Crippen LogP contribution >= 0.6 is 0 Å². The van der Waals surface area contributed by atoms with Gasteiger partial charge in [-0.15, -0.1) is 0 Å². The fraction of sp³-hybridized carbons (Fsp3) is 0.381. The van der Waals surface area contributed by atoms with Gasteiger partial charge in [0.05, 0.1) is 6.61 Å². The Labute approximate surface area is 148 Å². The highest BCUT2D eigenvalue weighted by Crippen LogP contribution is 2.39. The number of carbonyl (C=O) groups is 1. The Bertz CT molecular complexity index is 721. The molecule has 4 heteroatoms. The van der Waals surface area contributed by atoms with Crippen LogP contribution in [-0.2, 0) is 9.47 Å². The van der Waals surface area contributed by atoms with Gasteiger partial charge in [0.2, 0.25) is 0 Å². The summed E-state index contributed by atoms with van der Waals surface area (Å²) in [6.45, 7) is 1.05. The average molecular weight is 337 g/mol. The predicted octanol–water partition coefficient (Wildman–Crippen LogP) is 3.77. The topological polar surface area (TPSA) is 47.6 Å². The summed E-state index contributed by atoms with van der Waals surface area (Å²) in [6, 6.07) is 17.8. The third-order valence-corrected chi connectivity index (χ3v) is 5.02. The van der Waals surface area contributed by atoms with Gasteiger partial charge in [-0.25, -0.2) is 0 Å². The number of benzene rings is 2. The van der Waals surface area contributed by atoms with Crippen molar-refractivity contribution >= 4 is 5.91 Å². The minimum atomic E-state index is -0.368. The van der Waals surface area contributed by atoms with Gasteiger partial charge >= 0.3 is 0 Å². The third-order valence-electron chi connectivity index (χ3n) is 5.02. The molecular formula is C21H23NO3. The second kappa shape index (κ2) is 6.98. The van der Waals surface area contributed by atoms with Crippen molar-refractivity contribution < 1.29 is 14.3 Å². The monoisotopic (exact) mass is 337 g/mol. The van der Waals surface area contributed by atoms with Crippen LogP contribution in [0, 0.1) is 0 Å². The number of amides is 1. The molecule has 1 saturated carbocycles. The van der Waals surface area contributed by atoms with Gasteiger partial charge in [0.15, 0.2) is 5.79 Å². The maximum absolute atomic E-state index is 12.4. The van der Waals surface area contributed by atoms with E-state index >= 15 is 0 Å². The van der Waals surface area contributed by atoms with E-state index in [0.717, 1.165) is 36.8 Å². The van der Waals surface area contributed by atoms with Gasteiger partial charge < -0.3 is 14.8 Å². The van der Waals surface area contributed by atoms with Gasteiger partial charge in [-0.1, -0.05) is 42.5 Å². The van der Waals surface area contributed by atoms with Crippen molar-refractivity contribution in [2.45, 2.75) is 37.6 Å². The quantitative estimate of drug-likeness (QED) is 0.924. The molecule has 2 fully saturated rings. The smallest absolute Gasteiger partial charge is 0.251 e. The van der Waals surface area contributed by atoms with Gasteiger partial charge in [0, 0.05) is 24.9 Å². The van der Waals surface area contributed by atoms with E-state index in [9.17, 15) is 4.79 Å². The summed E-state index contributed by atoms with van der Waals surface area (Å²) in [5.41, 5.74) is 2.91. The molecule has 1 heterocycles. The normalized spacial score (nSPS) is 21.5. The molecule has 2 aliphatic rings. The minimum Gasteiger partial charge on any atom is -0.349 e. The molecule has 1 saturated heterocycles. The summed E-state index contributed by atoms with van der Waals surface area (Å²) >= 11 is 0. The van der Waals surface area contributed by atoms with E-state index in [1.54, 1.807) is 0 Å². The molecule has 1 N–H and O–H groups in total. The number of carbonyl (C=O) groups excluding carboxylic acids is 1.